The third-order valence-corrected chi connectivity index (χ3v) is 6.03. The van der Waals surface area contributed by atoms with Crippen LogP contribution in [0.5, 0.6) is 0 Å². The van der Waals surface area contributed by atoms with Gasteiger partial charge >= 0.3 is 0 Å². The molecule has 0 unspecified atom stereocenters. The van der Waals surface area contributed by atoms with Crippen molar-refractivity contribution < 1.29 is 0 Å². The van der Waals surface area contributed by atoms with E-state index in [2.05, 4.69) is 34.8 Å². The van der Waals surface area contributed by atoms with Gasteiger partial charge in [-0.25, -0.2) is 4.98 Å². The number of rotatable bonds is 8. The second-order valence-electron chi connectivity index (χ2n) is 6.73. The Kier molecular flexibility index (Phi) is 6.94. The second kappa shape index (κ2) is 9.40. The minimum Gasteiger partial charge on any atom is -0.309 e. The minimum atomic E-state index is -0.0754. The molecule has 0 spiro atoms. The molecule has 0 aliphatic rings. The van der Waals surface area contributed by atoms with Crippen molar-refractivity contribution in [3.8, 4) is 0 Å². The summed E-state index contributed by atoms with van der Waals surface area (Å²) in [7, 11) is 0. The first-order valence-electron chi connectivity index (χ1n) is 9.14. The van der Waals surface area contributed by atoms with Crippen LogP contribution in [0.1, 0.15) is 26.1 Å². The summed E-state index contributed by atoms with van der Waals surface area (Å²) in [4.78, 5) is 23.3. The molecule has 0 amide bonds. The smallest absolute Gasteiger partial charge is 0.258 e. The van der Waals surface area contributed by atoms with Gasteiger partial charge in [-0.2, -0.15) is 0 Å². The summed E-state index contributed by atoms with van der Waals surface area (Å²) in [6, 6.07) is 15.8. The zero-order valence-electron chi connectivity index (χ0n) is 15.6. The van der Waals surface area contributed by atoms with Crippen LogP contribution in [-0.4, -0.2) is 33.2 Å². The third kappa shape index (κ3) is 5.34. The van der Waals surface area contributed by atoms with Crippen molar-refractivity contribution in [3.63, 3.8) is 0 Å². The predicted octanol–water partition coefficient (Wildman–Crippen LogP) is 4.97. The number of aromatic nitrogens is 2. The number of nitrogens with one attached hydrogen (secondary N) is 1. The van der Waals surface area contributed by atoms with Gasteiger partial charge in [0.2, 0.25) is 0 Å². The Hall–Kier alpha value is -1.82. The SMILES string of the molecule is CC(C)N(CCCSc1ccccc1Cl)Cc1nc2ccccc2c(=O)[nH]1. The van der Waals surface area contributed by atoms with Crippen molar-refractivity contribution in [1.82, 2.24) is 14.9 Å². The van der Waals surface area contributed by atoms with E-state index in [0.29, 0.717) is 23.8 Å². The summed E-state index contributed by atoms with van der Waals surface area (Å²) in [6.07, 6.45) is 1.03. The Balaban J connectivity index is 1.61. The summed E-state index contributed by atoms with van der Waals surface area (Å²) in [6.45, 7) is 5.90. The summed E-state index contributed by atoms with van der Waals surface area (Å²) < 4.78 is 0. The number of aromatic amines is 1. The normalized spacial score (nSPS) is 11.6. The summed E-state index contributed by atoms with van der Waals surface area (Å²) in [5.74, 6) is 1.71. The molecule has 142 valence electrons. The molecule has 0 radical (unpaired) electrons. The number of hydrogen-bond donors (Lipinski definition) is 1. The van der Waals surface area contributed by atoms with Crippen molar-refractivity contribution in [2.75, 3.05) is 12.3 Å². The van der Waals surface area contributed by atoms with Crippen molar-refractivity contribution in [2.24, 2.45) is 0 Å². The average Bonchev–Trinajstić information content (AvgIpc) is 2.65. The molecule has 0 aliphatic heterocycles. The number of thioether (sulfide) groups is 1. The molecule has 6 heteroatoms. The maximum atomic E-state index is 12.3. The molecule has 0 atom stereocenters. The molecular weight excluding hydrogens is 378 g/mol. The highest BCUT2D eigenvalue weighted by Gasteiger charge is 2.13. The minimum absolute atomic E-state index is 0.0754. The first-order chi connectivity index (χ1) is 13.0. The molecule has 0 aliphatic carbocycles. The van der Waals surface area contributed by atoms with E-state index in [4.69, 9.17) is 11.6 Å². The van der Waals surface area contributed by atoms with Gasteiger partial charge in [0, 0.05) is 10.9 Å². The zero-order chi connectivity index (χ0) is 19.2. The molecule has 1 heterocycles. The summed E-state index contributed by atoms with van der Waals surface area (Å²) >= 11 is 7.99. The lowest BCUT2D eigenvalue weighted by Gasteiger charge is -2.25. The quantitative estimate of drug-likeness (QED) is 0.427. The van der Waals surface area contributed by atoms with Crippen LogP contribution in [0.15, 0.2) is 58.2 Å². The predicted molar refractivity (Wildman–Crippen MR) is 115 cm³/mol. The van der Waals surface area contributed by atoms with E-state index in [1.807, 2.05) is 36.4 Å². The van der Waals surface area contributed by atoms with Crippen LogP contribution in [0.25, 0.3) is 10.9 Å². The van der Waals surface area contributed by atoms with Gasteiger partial charge in [-0.15, -0.1) is 11.8 Å². The van der Waals surface area contributed by atoms with Gasteiger partial charge < -0.3 is 4.98 Å². The fourth-order valence-electron chi connectivity index (χ4n) is 2.93. The monoisotopic (exact) mass is 401 g/mol. The number of H-pyrrole nitrogens is 1. The fraction of sp³-hybridized carbons (Fsp3) is 0.333. The molecular formula is C21H24ClN3OS. The number of para-hydroxylation sites is 1. The number of benzene rings is 2. The first kappa shape index (κ1) is 19.9. The molecule has 4 nitrogen and oxygen atoms in total. The van der Waals surface area contributed by atoms with Crippen molar-refractivity contribution >= 4 is 34.3 Å². The molecule has 3 rings (SSSR count). The van der Waals surface area contributed by atoms with E-state index in [1.165, 1.54) is 0 Å². The van der Waals surface area contributed by atoms with Gasteiger partial charge in [0.05, 0.1) is 22.5 Å². The molecule has 0 bridgehead atoms. The molecule has 0 saturated heterocycles. The van der Waals surface area contributed by atoms with Crippen LogP contribution in [0, 0.1) is 0 Å². The Morgan fingerprint density at radius 1 is 1.15 bits per heavy atom. The number of nitrogens with zero attached hydrogens (tertiary/aromatic N) is 2. The highest BCUT2D eigenvalue weighted by atomic mass is 35.5. The lowest BCUT2D eigenvalue weighted by Crippen LogP contribution is -2.33. The largest absolute Gasteiger partial charge is 0.309 e. The van der Waals surface area contributed by atoms with Crippen LogP contribution in [0.2, 0.25) is 5.02 Å². The van der Waals surface area contributed by atoms with Gasteiger partial charge in [-0.3, -0.25) is 9.69 Å². The molecule has 27 heavy (non-hydrogen) atoms. The zero-order valence-corrected chi connectivity index (χ0v) is 17.2. The van der Waals surface area contributed by atoms with E-state index >= 15 is 0 Å². The summed E-state index contributed by atoms with van der Waals surface area (Å²) in [5.41, 5.74) is 0.669. The molecule has 1 aromatic heterocycles. The molecule has 1 N–H and O–H groups in total. The van der Waals surface area contributed by atoms with Gasteiger partial charge in [-0.1, -0.05) is 35.9 Å². The van der Waals surface area contributed by atoms with Crippen LogP contribution >= 0.6 is 23.4 Å². The maximum absolute atomic E-state index is 12.3. The lowest BCUT2D eigenvalue weighted by atomic mass is 10.2. The Morgan fingerprint density at radius 3 is 2.67 bits per heavy atom. The van der Waals surface area contributed by atoms with Crippen LogP contribution < -0.4 is 5.56 Å². The standard InChI is InChI=1S/C21H24ClN3OS/c1-15(2)25(12-7-13-27-19-11-6-4-9-17(19)22)14-20-23-18-10-5-3-8-16(18)21(26)24-20/h3-6,8-11,15H,7,12-14H2,1-2H3,(H,23,24,26). The van der Waals surface area contributed by atoms with Crippen molar-refractivity contribution in [1.29, 1.82) is 0 Å². The number of fused-ring (bicyclic) bond motifs is 1. The fourth-order valence-corrected chi connectivity index (χ4v) is 4.11. The van der Waals surface area contributed by atoms with Crippen LogP contribution in [0.3, 0.4) is 0 Å². The van der Waals surface area contributed by atoms with Crippen molar-refractivity contribution in [3.05, 3.63) is 69.7 Å². The van der Waals surface area contributed by atoms with Gasteiger partial charge in [0.1, 0.15) is 5.82 Å². The number of hydrogen-bond acceptors (Lipinski definition) is 4. The first-order valence-corrected chi connectivity index (χ1v) is 10.5. The van der Waals surface area contributed by atoms with Gasteiger partial charge in [-0.05, 0) is 56.8 Å². The third-order valence-electron chi connectivity index (χ3n) is 4.43. The maximum Gasteiger partial charge on any atom is 0.258 e. The Morgan fingerprint density at radius 2 is 1.89 bits per heavy atom. The Labute approximate surface area is 169 Å². The van der Waals surface area contributed by atoms with E-state index in [9.17, 15) is 4.79 Å². The Bertz CT molecular complexity index is 957. The van der Waals surface area contributed by atoms with Crippen LogP contribution in [-0.2, 0) is 6.54 Å². The van der Waals surface area contributed by atoms with Gasteiger partial charge in [0.15, 0.2) is 0 Å². The van der Waals surface area contributed by atoms with E-state index < -0.39 is 0 Å². The highest BCUT2D eigenvalue weighted by molar-refractivity contribution is 7.99. The summed E-state index contributed by atoms with van der Waals surface area (Å²) in [5, 5.41) is 1.44. The molecule has 3 aromatic rings. The van der Waals surface area contributed by atoms with Crippen LogP contribution in [0.4, 0.5) is 0 Å². The second-order valence-corrected chi connectivity index (χ2v) is 8.27. The highest BCUT2D eigenvalue weighted by Crippen LogP contribution is 2.27. The number of halogens is 1. The van der Waals surface area contributed by atoms with E-state index in [-0.39, 0.29) is 5.56 Å². The van der Waals surface area contributed by atoms with Gasteiger partial charge in [0.25, 0.3) is 5.56 Å². The van der Waals surface area contributed by atoms with E-state index in [0.717, 1.165) is 34.2 Å². The average molecular weight is 402 g/mol. The van der Waals surface area contributed by atoms with E-state index in [1.54, 1.807) is 17.8 Å². The topological polar surface area (TPSA) is 49.0 Å². The van der Waals surface area contributed by atoms with Crippen molar-refractivity contribution in [2.45, 2.75) is 37.8 Å². The lowest BCUT2D eigenvalue weighted by molar-refractivity contribution is 0.208. The molecule has 0 saturated carbocycles. The molecule has 0 fully saturated rings. The molecule has 2 aromatic carbocycles.